The van der Waals surface area contributed by atoms with Crippen molar-refractivity contribution in [1.82, 2.24) is 0 Å². The summed E-state index contributed by atoms with van der Waals surface area (Å²) in [5, 5.41) is 0. The first kappa shape index (κ1) is 40.8. The highest BCUT2D eigenvalue weighted by Gasteiger charge is 2.61. The first-order valence-electron chi connectivity index (χ1n) is 23.8. The minimum Gasteiger partial charge on any atom is -0.335 e. The van der Waals surface area contributed by atoms with Gasteiger partial charge >= 0.3 is 0 Å². The second-order valence-corrected chi connectivity index (χ2v) is 22.0. The van der Waals surface area contributed by atoms with Crippen LogP contribution in [0, 0.1) is 13.8 Å². The van der Waals surface area contributed by atoms with Gasteiger partial charge in [-0.15, -0.1) is 0 Å². The normalized spacial score (nSPS) is 19.5. The van der Waals surface area contributed by atoms with Gasteiger partial charge in [-0.2, -0.15) is 0 Å². The summed E-state index contributed by atoms with van der Waals surface area (Å²) in [4.78, 5) is 7.99. The number of rotatable bonds is 5. The van der Waals surface area contributed by atoms with E-state index in [1.165, 1.54) is 109 Å². The van der Waals surface area contributed by atoms with Crippen LogP contribution in [0.5, 0.6) is 0 Å². The molecule has 1 fully saturated rings. The zero-order valence-corrected chi connectivity index (χ0v) is 39.6. The predicted octanol–water partition coefficient (Wildman–Crippen LogP) is 14.4. The molecule has 3 nitrogen and oxygen atoms in total. The molecule has 0 spiro atoms. The largest absolute Gasteiger partial charge is 0.335 e. The van der Waals surface area contributed by atoms with Gasteiger partial charge in [-0.05, 0) is 149 Å². The zero-order chi connectivity index (χ0) is 44.5. The van der Waals surface area contributed by atoms with Crippen LogP contribution in [0.4, 0.5) is 45.5 Å². The summed E-state index contributed by atoms with van der Waals surface area (Å²) in [7, 11) is 0. The van der Waals surface area contributed by atoms with Gasteiger partial charge in [0.05, 0.1) is 11.2 Å². The Morgan fingerprint density at radius 3 is 1.75 bits per heavy atom. The highest BCUT2D eigenvalue weighted by molar-refractivity contribution is 7.00. The first-order valence-corrected chi connectivity index (χ1v) is 23.8. The zero-order valence-electron chi connectivity index (χ0n) is 39.6. The molecule has 0 aromatic heterocycles. The third kappa shape index (κ3) is 6.08. The van der Waals surface area contributed by atoms with Crippen LogP contribution in [-0.2, 0) is 16.2 Å². The van der Waals surface area contributed by atoms with E-state index in [-0.39, 0.29) is 28.5 Å². The van der Waals surface area contributed by atoms with Gasteiger partial charge in [-0.3, -0.25) is 0 Å². The molecular weight excluding hydrogens is 773 g/mol. The molecule has 0 amide bonds. The van der Waals surface area contributed by atoms with Gasteiger partial charge in [-0.25, -0.2) is 0 Å². The van der Waals surface area contributed by atoms with Crippen LogP contribution in [-0.4, -0.2) is 12.3 Å². The Kier molecular flexibility index (Phi) is 9.08. The molecule has 64 heavy (non-hydrogen) atoms. The van der Waals surface area contributed by atoms with Crippen molar-refractivity contribution in [2.24, 2.45) is 0 Å². The Hall–Kier alpha value is -6.00. The van der Waals surface area contributed by atoms with Crippen molar-refractivity contribution in [2.75, 3.05) is 14.7 Å². The van der Waals surface area contributed by atoms with E-state index in [2.05, 4.69) is 230 Å². The van der Waals surface area contributed by atoms with Gasteiger partial charge in [0.15, 0.2) is 0 Å². The standard InChI is InChI=1S/C60H62BN3/c1-39-18-25-45(26-19-39)62(46-27-20-40(2)21-28-46)48-37-53-55-54(38-48)64-56-49(59(9)32-14-15-33-60(59,64)10)34-42(41-16-12-11-13-17-41)35-51(56)61(55)50-36-44(58(6,7)8)24-31-52(50)63(53)47-29-22-43(23-30-47)57(3,4)5/h11-13,16-31,34-38H,14-15,32-33H2,1-10H3. The van der Waals surface area contributed by atoms with Crippen LogP contribution < -0.4 is 31.1 Å². The van der Waals surface area contributed by atoms with Crippen LogP contribution in [0.3, 0.4) is 0 Å². The van der Waals surface area contributed by atoms with E-state index in [0.717, 1.165) is 17.8 Å². The molecule has 1 aliphatic carbocycles. The molecule has 3 heterocycles. The quantitative estimate of drug-likeness (QED) is 0.160. The summed E-state index contributed by atoms with van der Waals surface area (Å²) >= 11 is 0. The van der Waals surface area contributed by atoms with Crippen LogP contribution in [0.15, 0.2) is 146 Å². The minimum absolute atomic E-state index is 0.0197. The molecule has 4 heteroatoms. The molecule has 0 radical (unpaired) electrons. The molecule has 2 unspecified atom stereocenters. The van der Waals surface area contributed by atoms with Crippen LogP contribution in [0.25, 0.3) is 11.1 Å². The van der Waals surface area contributed by atoms with E-state index in [1.54, 1.807) is 0 Å². The predicted molar refractivity (Wildman–Crippen MR) is 276 cm³/mol. The summed E-state index contributed by atoms with van der Waals surface area (Å²) in [5.41, 5.74) is 23.4. The Balaban J connectivity index is 1.28. The summed E-state index contributed by atoms with van der Waals surface area (Å²) in [6.45, 7) is 23.6. The Labute approximate surface area is 382 Å². The second kappa shape index (κ2) is 14.3. The van der Waals surface area contributed by atoms with Gasteiger partial charge in [0.2, 0.25) is 0 Å². The Bertz CT molecular complexity index is 2910. The maximum atomic E-state index is 2.88. The molecule has 0 bridgehead atoms. The van der Waals surface area contributed by atoms with Crippen LogP contribution in [0.2, 0.25) is 0 Å². The SMILES string of the molecule is Cc1ccc(N(c2ccc(C)cc2)c2cc3c4c(c2)N2c5c(cc(-c6ccccc6)cc5C5(C)CCCCC25C)B4c2cc(C(C)(C)C)ccc2N3c2ccc(C(C)(C)C)cc2)cc1. The number of benzene rings is 7. The maximum absolute atomic E-state index is 2.88. The van der Waals surface area contributed by atoms with E-state index in [1.807, 2.05) is 0 Å². The van der Waals surface area contributed by atoms with E-state index in [4.69, 9.17) is 0 Å². The van der Waals surface area contributed by atoms with Crippen molar-refractivity contribution in [3.05, 3.63) is 173 Å². The van der Waals surface area contributed by atoms with Crippen molar-refractivity contribution in [2.45, 2.75) is 117 Å². The Morgan fingerprint density at radius 1 is 0.531 bits per heavy atom. The number of aryl methyl sites for hydroxylation is 2. The van der Waals surface area contributed by atoms with Crippen molar-refractivity contribution >= 4 is 68.6 Å². The highest BCUT2D eigenvalue weighted by Crippen LogP contribution is 2.63. The van der Waals surface area contributed by atoms with Gasteiger partial charge in [0.25, 0.3) is 6.71 Å². The fraction of sp³-hybridized carbons (Fsp3) is 0.300. The number of hydrogen-bond donors (Lipinski definition) is 0. The van der Waals surface area contributed by atoms with Gasteiger partial charge < -0.3 is 14.7 Å². The smallest absolute Gasteiger partial charge is 0.252 e. The van der Waals surface area contributed by atoms with Gasteiger partial charge in [-0.1, -0.05) is 157 Å². The van der Waals surface area contributed by atoms with E-state index in [9.17, 15) is 0 Å². The van der Waals surface area contributed by atoms with Gasteiger partial charge in [0, 0.05) is 45.2 Å². The molecule has 7 aromatic carbocycles. The third-order valence-electron chi connectivity index (χ3n) is 15.8. The lowest BCUT2D eigenvalue weighted by atomic mass is 9.33. The molecule has 4 aliphatic rings. The first-order chi connectivity index (χ1) is 30.5. The number of fused-ring (bicyclic) bond motifs is 7. The molecule has 3 aliphatic heterocycles. The molecule has 11 rings (SSSR count). The third-order valence-corrected chi connectivity index (χ3v) is 15.8. The average Bonchev–Trinajstić information content (AvgIpc) is 3.49. The van der Waals surface area contributed by atoms with Crippen molar-refractivity contribution in [3.63, 3.8) is 0 Å². The number of anilines is 8. The molecular formula is C60H62BN3. The maximum Gasteiger partial charge on any atom is 0.252 e. The van der Waals surface area contributed by atoms with Crippen LogP contribution >= 0.6 is 0 Å². The highest BCUT2D eigenvalue weighted by atomic mass is 15.3. The van der Waals surface area contributed by atoms with E-state index >= 15 is 0 Å². The van der Waals surface area contributed by atoms with Gasteiger partial charge in [0.1, 0.15) is 0 Å². The number of hydrogen-bond acceptors (Lipinski definition) is 3. The average molecular weight is 836 g/mol. The summed E-state index contributed by atoms with van der Waals surface area (Å²) in [6, 6.07) is 56.5. The fourth-order valence-electron chi connectivity index (χ4n) is 11.9. The second-order valence-electron chi connectivity index (χ2n) is 22.0. The molecule has 7 aromatic rings. The van der Waals surface area contributed by atoms with E-state index in [0.29, 0.717) is 0 Å². The molecule has 2 atom stereocenters. The summed E-state index contributed by atoms with van der Waals surface area (Å²) in [6.07, 6.45) is 4.79. The monoisotopic (exact) mass is 836 g/mol. The van der Waals surface area contributed by atoms with Crippen molar-refractivity contribution < 1.29 is 0 Å². The lowest BCUT2D eigenvalue weighted by Crippen LogP contribution is -2.64. The molecule has 320 valence electrons. The van der Waals surface area contributed by atoms with E-state index < -0.39 is 0 Å². The fourth-order valence-corrected chi connectivity index (χ4v) is 11.9. The lowest BCUT2D eigenvalue weighted by molar-refractivity contribution is 0.195. The molecule has 1 saturated carbocycles. The molecule has 0 saturated heterocycles. The summed E-state index contributed by atoms with van der Waals surface area (Å²) < 4.78 is 0. The number of nitrogens with zero attached hydrogens (tertiary/aromatic N) is 3. The van der Waals surface area contributed by atoms with Crippen molar-refractivity contribution in [3.8, 4) is 11.1 Å². The molecule has 0 N–H and O–H groups in total. The minimum atomic E-state index is -0.125. The topological polar surface area (TPSA) is 9.72 Å². The van der Waals surface area contributed by atoms with Crippen LogP contribution in [0.1, 0.15) is 109 Å². The lowest BCUT2D eigenvalue weighted by Gasteiger charge is -2.53. The Morgan fingerprint density at radius 2 is 1.12 bits per heavy atom. The van der Waals surface area contributed by atoms with Crippen molar-refractivity contribution in [1.29, 1.82) is 0 Å². The summed E-state index contributed by atoms with van der Waals surface area (Å²) in [5.74, 6) is 0.